The molecule has 16 heavy (non-hydrogen) atoms. The van der Waals surface area contributed by atoms with Gasteiger partial charge in [0.05, 0.1) is 6.61 Å². The lowest BCUT2D eigenvalue weighted by molar-refractivity contribution is 0.0987. The second-order valence-corrected chi connectivity index (χ2v) is 4.51. The van der Waals surface area contributed by atoms with E-state index in [1.807, 2.05) is 32.0 Å². The number of aryl methyl sites for hydroxylation is 1. The number of carbonyl (C=O) groups excluding carboxylic acids is 1. The lowest BCUT2D eigenvalue weighted by Crippen LogP contribution is -2.02. The van der Waals surface area contributed by atoms with Crippen molar-refractivity contribution in [3.05, 3.63) is 29.3 Å². The van der Waals surface area contributed by atoms with Crippen LogP contribution in [0.1, 0.15) is 42.1 Å². The highest BCUT2D eigenvalue weighted by Crippen LogP contribution is 2.30. The Morgan fingerprint density at radius 1 is 1.44 bits per heavy atom. The molecular weight excluding hydrogens is 200 g/mol. The number of benzene rings is 1. The van der Waals surface area contributed by atoms with Crippen LogP contribution >= 0.6 is 0 Å². The molecule has 0 spiro atoms. The van der Waals surface area contributed by atoms with Crippen LogP contribution in [0.25, 0.3) is 0 Å². The number of hydrogen-bond acceptors (Lipinski definition) is 2. The third-order valence-corrected chi connectivity index (χ3v) is 3.00. The van der Waals surface area contributed by atoms with Crippen LogP contribution in [0.2, 0.25) is 0 Å². The summed E-state index contributed by atoms with van der Waals surface area (Å²) in [6.45, 7) is 4.67. The molecule has 2 nitrogen and oxygen atoms in total. The Labute approximate surface area is 96.6 Å². The number of Topliss-reactive ketones (excluding diaryl/α,β-unsaturated/α-hetero) is 1. The van der Waals surface area contributed by atoms with Crippen LogP contribution in [0.3, 0.4) is 0 Å². The topological polar surface area (TPSA) is 26.3 Å². The molecule has 0 N–H and O–H groups in total. The molecule has 2 rings (SSSR count). The van der Waals surface area contributed by atoms with Gasteiger partial charge in [-0.05, 0) is 49.4 Å². The molecule has 0 aliphatic heterocycles. The molecule has 1 fully saturated rings. The van der Waals surface area contributed by atoms with Crippen molar-refractivity contribution in [1.29, 1.82) is 0 Å². The van der Waals surface area contributed by atoms with Gasteiger partial charge in [0.25, 0.3) is 0 Å². The number of ether oxygens (including phenoxy) is 1. The first kappa shape index (κ1) is 11.2. The monoisotopic (exact) mass is 218 g/mol. The molecule has 0 heterocycles. The fourth-order valence-electron chi connectivity index (χ4n) is 1.73. The summed E-state index contributed by atoms with van der Waals surface area (Å²) < 4.78 is 5.67. The molecular formula is C14H18O2. The molecule has 1 aliphatic rings. The second kappa shape index (κ2) is 4.69. The molecule has 0 saturated heterocycles. The largest absolute Gasteiger partial charge is 0.493 e. The van der Waals surface area contributed by atoms with Crippen molar-refractivity contribution in [2.24, 2.45) is 5.92 Å². The lowest BCUT2D eigenvalue weighted by atomic mass is 10.0. The van der Waals surface area contributed by atoms with Gasteiger partial charge in [0.1, 0.15) is 5.75 Å². The number of hydrogen-bond donors (Lipinski definition) is 0. The minimum absolute atomic E-state index is 0.200. The predicted molar refractivity (Wildman–Crippen MR) is 64.0 cm³/mol. The molecule has 0 aromatic heterocycles. The SMILES string of the molecule is CCC(=O)c1ccc(OCC2CC2)cc1C. The highest BCUT2D eigenvalue weighted by atomic mass is 16.5. The summed E-state index contributed by atoms with van der Waals surface area (Å²) in [6, 6.07) is 5.74. The highest BCUT2D eigenvalue weighted by Gasteiger charge is 2.21. The molecule has 1 aromatic carbocycles. The Morgan fingerprint density at radius 3 is 2.75 bits per heavy atom. The van der Waals surface area contributed by atoms with E-state index in [-0.39, 0.29) is 5.78 Å². The van der Waals surface area contributed by atoms with Gasteiger partial charge in [0, 0.05) is 12.0 Å². The van der Waals surface area contributed by atoms with Crippen molar-refractivity contribution < 1.29 is 9.53 Å². The van der Waals surface area contributed by atoms with Gasteiger partial charge in [-0.1, -0.05) is 6.92 Å². The van der Waals surface area contributed by atoms with E-state index >= 15 is 0 Å². The van der Waals surface area contributed by atoms with Crippen LogP contribution < -0.4 is 4.74 Å². The third kappa shape index (κ3) is 2.63. The molecule has 1 aliphatic carbocycles. The fourth-order valence-corrected chi connectivity index (χ4v) is 1.73. The smallest absolute Gasteiger partial charge is 0.162 e. The minimum Gasteiger partial charge on any atom is -0.493 e. The molecule has 1 aromatic rings. The first-order valence-electron chi connectivity index (χ1n) is 5.97. The summed E-state index contributed by atoms with van der Waals surface area (Å²) in [7, 11) is 0. The van der Waals surface area contributed by atoms with Gasteiger partial charge in [0.2, 0.25) is 0 Å². The quantitative estimate of drug-likeness (QED) is 0.708. The van der Waals surface area contributed by atoms with Gasteiger partial charge in [-0.15, -0.1) is 0 Å². The summed E-state index contributed by atoms with van der Waals surface area (Å²) in [5, 5.41) is 0. The Kier molecular flexibility index (Phi) is 3.28. The number of carbonyl (C=O) groups is 1. The van der Waals surface area contributed by atoms with Crippen molar-refractivity contribution >= 4 is 5.78 Å². The van der Waals surface area contributed by atoms with E-state index in [1.165, 1.54) is 12.8 Å². The zero-order valence-corrected chi connectivity index (χ0v) is 9.95. The molecule has 86 valence electrons. The second-order valence-electron chi connectivity index (χ2n) is 4.51. The van der Waals surface area contributed by atoms with Gasteiger partial charge in [-0.3, -0.25) is 4.79 Å². The fraction of sp³-hybridized carbons (Fsp3) is 0.500. The van der Waals surface area contributed by atoms with E-state index in [2.05, 4.69) is 0 Å². The summed E-state index contributed by atoms with van der Waals surface area (Å²) in [5.41, 5.74) is 1.83. The van der Waals surface area contributed by atoms with Crippen LogP contribution in [0.4, 0.5) is 0 Å². The maximum absolute atomic E-state index is 11.6. The van der Waals surface area contributed by atoms with E-state index in [0.717, 1.165) is 29.4 Å². The summed E-state index contributed by atoms with van der Waals surface area (Å²) >= 11 is 0. The Morgan fingerprint density at radius 2 is 2.19 bits per heavy atom. The average molecular weight is 218 g/mol. The Hall–Kier alpha value is -1.31. The molecule has 0 unspecified atom stereocenters. The molecule has 1 saturated carbocycles. The maximum Gasteiger partial charge on any atom is 0.162 e. The summed E-state index contributed by atoms with van der Waals surface area (Å²) in [6.07, 6.45) is 3.15. The van der Waals surface area contributed by atoms with Crippen LogP contribution in [0, 0.1) is 12.8 Å². The number of ketones is 1. The lowest BCUT2D eigenvalue weighted by Gasteiger charge is -2.08. The molecule has 0 atom stereocenters. The molecule has 0 bridgehead atoms. The van der Waals surface area contributed by atoms with Gasteiger partial charge in [-0.25, -0.2) is 0 Å². The average Bonchev–Trinajstić information content (AvgIpc) is 3.09. The van der Waals surface area contributed by atoms with Crippen LogP contribution in [-0.4, -0.2) is 12.4 Å². The van der Waals surface area contributed by atoms with Crippen molar-refractivity contribution in [2.45, 2.75) is 33.1 Å². The Bertz CT molecular complexity index is 392. The van der Waals surface area contributed by atoms with Crippen LogP contribution in [0.15, 0.2) is 18.2 Å². The van der Waals surface area contributed by atoms with E-state index in [9.17, 15) is 4.79 Å². The first-order chi connectivity index (χ1) is 7.70. The minimum atomic E-state index is 0.200. The summed E-state index contributed by atoms with van der Waals surface area (Å²) in [5.74, 6) is 1.85. The van der Waals surface area contributed by atoms with E-state index in [1.54, 1.807) is 0 Å². The summed E-state index contributed by atoms with van der Waals surface area (Å²) in [4.78, 5) is 11.6. The van der Waals surface area contributed by atoms with Gasteiger partial charge in [-0.2, -0.15) is 0 Å². The zero-order valence-electron chi connectivity index (χ0n) is 9.95. The van der Waals surface area contributed by atoms with Crippen LogP contribution in [-0.2, 0) is 0 Å². The first-order valence-corrected chi connectivity index (χ1v) is 5.97. The predicted octanol–water partition coefficient (Wildman–Crippen LogP) is 3.38. The van der Waals surface area contributed by atoms with Gasteiger partial charge < -0.3 is 4.74 Å². The Balaban J connectivity index is 2.05. The van der Waals surface area contributed by atoms with Crippen molar-refractivity contribution in [2.75, 3.05) is 6.61 Å². The van der Waals surface area contributed by atoms with Gasteiger partial charge in [0.15, 0.2) is 5.78 Å². The highest BCUT2D eigenvalue weighted by molar-refractivity contribution is 5.97. The normalized spacial score (nSPS) is 14.9. The van der Waals surface area contributed by atoms with Crippen molar-refractivity contribution in [3.63, 3.8) is 0 Å². The van der Waals surface area contributed by atoms with Gasteiger partial charge >= 0.3 is 0 Å². The maximum atomic E-state index is 11.6. The zero-order chi connectivity index (χ0) is 11.5. The molecule has 2 heteroatoms. The molecule has 0 amide bonds. The van der Waals surface area contributed by atoms with E-state index < -0.39 is 0 Å². The standard InChI is InChI=1S/C14H18O2/c1-3-14(15)13-7-6-12(8-10(13)2)16-9-11-4-5-11/h6-8,11H,3-5,9H2,1-2H3. The number of rotatable bonds is 5. The van der Waals surface area contributed by atoms with E-state index in [0.29, 0.717) is 6.42 Å². The van der Waals surface area contributed by atoms with Crippen molar-refractivity contribution in [1.82, 2.24) is 0 Å². The van der Waals surface area contributed by atoms with Crippen molar-refractivity contribution in [3.8, 4) is 5.75 Å². The van der Waals surface area contributed by atoms with Crippen LogP contribution in [0.5, 0.6) is 5.75 Å². The molecule has 0 radical (unpaired) electrons. The van der Waals surface area contributed by atoms with E-state index in [4.69, 9.17) is 4.74 Å². The third-order valence-electron chi connectivity index (χ3n) is 3.00.